The number of hydrogen-bond donors (Lipinski definition) is 0. The number of likely N-dealkylation sites (tertiary alicyclic amines) is 1. The van der Waals surface area contributed by atoms with E-state index in [1.807, 2.05) is 18.7 Å². The first-order valence-corrected chi connectivity index (χ1v) is 9.47. The summed E-state index contributed by atoms with van der Waals surface area (Å²) in [4.78, 5) is 23.8. The predicted octanol–water partition coefficient (Wildman–Crippen LogP) is 3.39. The van der Waals surface area contributed by atoms with Crippen LogP contribution in [0.15, 0.2) is 36.5 Å². The molecule has 0 N–H and O–H groups in total. The molecule has 1 aliphatic rings. The van der Waals surface area contributed by atoms with E-state index in [0.29, 0.717) is 36.1 Å². The molecule has 1 amide bonds. The van der Waals surface area contributed by atoms with Gasteiger partial charge in [0, 0.05) is 44.0 Å². The van der Waals surface area contributed by atoms with Gasteiger partial charge in [-0.2, -0.15) is 10.1 Å². The predicted molar refractivity (Wildman–Crippen MR) is 104 cm³/mol. The second kappa shape index (κ2) is 7.62. The van der Waals surface area contributed by atoms with Crippen LogP contribution in [0.4, 0.5) is 4.39 Å². The van der Waals surface area contributed by atoms with E-state index in [1.54, 1.807) is 36.1 Å². The van der Waals surface area contributed by atoms with Gasteiger partial charge in [-0.05, 0) is 44.5 Å². The highest BCUT2D eigenvalue weighted by Gasteiger charge is 2.31. The molecule has 1 aliphatic heterocycles. The molecule has 0 radical (unpaired) electrons. The second-order valence-electron chi connectivity index (χ2n) is 7.30. The van der Waals surface area contributed by atoms with Crippen LogP contribution < -0.4 is 4.74 Å². The summed E-state index contributed by atoms with van der Waals surface area (Å²) in [6, 6.07) is 7.53. The van der Waals surface area contributed by atoms with E-state index in [1.165, 1.54) is 12.1 Å². The first-order valence-electron chi connectivity index (χ1n) is 9.47. The van der Waals surface area contributed by atoms with E-state index >= 15 is 0 Å². The lowest BCUT2D eigenvalue weighted by molar-refractivity contribution is 0.0789. The fourth-order valence-corrected chi connectivity index (χ4v) is 3.56. The normalized spacial score (nSPS) is 16.3. The van der Waals surface area contributed by atoms with Gasteiger partial charge in [0.25, 0.3) is 5.91 Å². The number of carbonyl (C=O) groups excluding carboxylic acids is 1. The summed E-state index contributed by atoms with van der Waals surface area (Å²) < 4.78 is 20.5. The van der Waals surface area contributed by atoms with E-state index in [9.17, 15) is 9.18 Å². The van der Waals surface area contributed by atoms with Gasteiger partial charge in [-0.1, -0.05) is 0 Å². The number of benzene rings is 1. The molecular formula is C21H22FN5O2. The Morgan fingerprint density at radius 3 is 2.66 bits per heavy atom. The molecule has 1 saturated heterocycles. The summed E-state index contributed by atoms with van der Waals surface area (Å²) in [5.41, 5.74) is 2.13. The zero-order valence-electron chi connectivity index (χ0n) is 16.6. The molecule has 29 heavy (non-hydrogen) atoms. The molecule has 0 unspecified atom stereocenters. The van der Waals surface area contributed by atoms with Gasteiger partial charge >= 0.3 is 0 Å². The second-order valence-corrected chi connectivity index (χ2v) is 7.30. The minimum atomic E-state index is -0.323. The molecular weight excluding hydrogens is 373 g/mol. The maximum atomic E-state index is 13.1. The van der Waals surface area contributed by atoms with E-state index in [-0.39, 0.29) is 17.6 Å². The van der Waals surface area contributed by atoms with Crippen LogP contribution in [0, 0.1) is 19.7 Å². The van der Waals surface area contributed by atoms with Crippen LogP contribution >= 0.6 is 0 Å². The molecule has 0 spiro atoms. The third kappa shape index (κ3) is 4.11. The molecule has 0 bridgehead atoms. The fraction of sp³-hybridized carbons (Fsp3) is 0.333. The van der Waals surface area contributed by atoms with Crippen molar-refractivity contribution >= 4 is 5.91 Å². The van der Waals surface area contributed by atoms with Crippen LogP contribution in [0.5, 0.6) is 11.6 Å². The lowest BCUT2D eigenvalue weighted by Gasteiger charge is -2.16. The summed E-state index contributed by atoms with van der Waals surface area (Å²) in [6.07, 6.45) is 2.54. The topological polar surface area (TPSA) is 73.1 Å². The van der Waals surface area contributed by atoms with Crippen molar-refractivity contribution in [1.82, 2.24) is 24.6 Å². The maximum absolute atomic E-state index is 13.1. The van der Waals surface area contributed by atoms with Gasteiger partial charge in [-0.15, -0.1) is 0 Å². The highest BCUT2D eigenvalue weighted by atomic mass is 19.1. The number of carbonyl (C=O) groups is 1. The zero-order chi connectivity index (χ0) is 20.5. The maximum Gasteiger partial charge on any atom is 0.257 e. The van der Waals surface area contributed by atoms with E-state index in [0.717, 1.165) is 17.8 Å². The molecule has 8 heteroatoms. The van der Waals surface area contributed by atoms with Crippen molar-refractivity contribution in [2.75, 3.05) is 13.1 Å². The molecule has 7 nitrogen and oxygen atoms in total. The third-order valence-corrected chi connectivity index (χ3v) is 4.97. The molecule has 150 valence electrons. The number of aryl methyl sites for hydroxylation is 3. The van der Waals surface area contributed by atoms with Crippen molar-refractivity contribution in [3.8, 4) is 11.6 Å². The Hall–Kier alpha value is -3.29. The van der Waals surface area contributed by atoms with Gasteiger partial charge in [-0.3, -0.25) is 9.48 Å². The number of halogens is 1. The van der Waals surface area contributed by atoms with Crippen LogP contribution in [0.3, 0.4) is 0 Å². The minimum absolute atomic E-state index is 0.0199. The lowest BCUT2D eigenvalue weighted by Crippen LogP contribution is -2.29. The quantitative estimate of drug-likeness (QED) is 0.677. The average molecular weight is 395 g/mol. The molecule has 1 atom stereocenters. The van der Waals surface area contributed by atoms with Crippen molar-refractivity contribution in [3.63, 3.8) is 0 Å². The molecule has 4 rings (SSSR count). The first-order chi connectivity index (χ1) is 13.9. The Bertz CT molecular complexity index is 1050. The summed E-state index contributed by atoms with van der Waals surface area (Å²) in [6.45, 7) is 4.90. The van der Waals surface area contributed by atoms with Crippen molar-refractivity contribution in [3.05, 3.63) is 65.1 Å². The fourth-order valence-electron chi connectivity index (χ4n) is 3.56. The Balaban J connectivity index is 1.50. The van der Waals surface area contributed by atoms with Gasteiger partial charge in [-0.25, -0.2) is 9.37 Å². The first kappa shape index (κ1) is 19.0. The highest BCUT2D eigenvalue weighted by Crippen LogP contribution is 2.29. The average Bonchev–Trinajstić information content (AvgIpc) is 3.29. The standard InChI is InChI=1S/C21H22FN5O2/c1-13-10-19(29-17-6-4-16(22)5-7-17)24-20(23-13)15-8-9-27(11-15)21(28)18-12-26(3)25-14(18)2/h4-7,10,12,15H,8-9,11H2,1-3H3/t15-/m1/s1. The van der Waals surface area contributed by atoms with Crippen molar-refractivity contribution < 1.29 is 13.9 Å². The van der Waals surface area contributed by atoms with Crippen LogP contribution in [0.2, 0.25) is 0 Å². The summed E-state index contributed by atoms with van der Waals surface area (Å²) in [7, 11) is 1.81. The van der Waals surface area contributed by atoms with Crippen LogP contribution in [0.25, 0.3) is 0 Å². The Morgan fingerprint density at radius 1 is 1.21 bits per heavy atom. The number of amides is 1. The summed E-state index contributed by atoms with van der Waals surface area (Å²) >= 11 is 0. The largest absolute Gasteiger partial charge is 0.439 e. The highest BCUT2D eigenvalue weighted by molar-refractivity contribution is 5.95. The Labute approximate surface area is 168 Å². The third-order valence-electron chi connectivity index (χ3n) is 4.97. The van der Waals surface area contributed by atoms with Gasteiger partial charge in [0.1, 0.15) is 17.4 Å². The molecule has 3 aromatic rings. The lowest BCUT2D eigenvalue weighted by atomic mass is 10.1. The Kier molecular flexibility index (Phi) is 5.00. The molecule has 1 aromatic carbocycles. The van der Waals surface area contributed by atoms with Gasteiger partial charge in [0.15, 0.2) is 0 Å². The van der Waals surface area contributed by atoms with Gasteiger partial charge in [0.2, 0.25) is 5.88 Å². The number of aromatic nitrogens is 4. The molecule has 0 aliphatic carbocycles. The van der Waals surface area contributed by atoms with Gasteiger partial charge < -0.3 is 9.64 Å². The van der Waals surface area contributed by atoms with E-state index in [2.05, 4.69) is 15.1 Å². The van der Waals surface area contributed by atoms with E-state index in [4.69, 9.17) is 4.74 Å². The van der Waals surface area contributed by atoms with Crippen LogP contribution in [-0.4, -0.2) is 43.6 Å². The van der Waals surface area contributed by atoms with E-state index < -0.39 is 0 Å². The molecule has 1 fully saturated rings. The van der Waals surface area contributed by atoms with Crippen molar-refractivity contribution in [2.24, 2.45) is 7.05 Å². The zero-order valence-corrected chi connectivity index (χ0v) is 16.6. The van der Waals surface area contributed by atoms with Crippen molar-refractivity contribution in [1.29, 1.82) is 0 Å². The van der Waals surface area contributed by atoms with Crippen molar-refractivity contribution in [2.45, 2.75) is 26.2 Å². The molecule has 2 aromatic heterocycles. The SMILES string of the molecule is Cc1cc(Oc2ccc(F)cc2)nc([C@@H]2CCN(C(=O)c3cn(C)nc3C)C2)n1. The summed E-state index contributed by atoms with van der Waals surface area (Å²) in [5, 5.41) is 4.25. The number of hydrogen-bond acceptors (Lipinski definition) is 5. The minimum Gasteiger partial charge on any atom is -0.439 e. The summed E-state index contributed by atoms with van der Waals surface area (Å²) in [5.74, 6) is 1.26. The Morgan fingerprint density at radius 2 is 1.97 bits per heavy atom. The number of ether oxygens (including phenoxy) is 1. The smallest absolute Gasteiger partial charge is 0.257 e. The molecule has 3 heterocycles. The monoisotopic (exact) mass is 395 g/mol. The van der Waals surface area contributed by atoms with Crippen LogP contribution in [-0.2, 0) is 7.05 Å². The molecule has 0 saturated carbocycles. The number of rotatable bonds is 4. The van der Waals surface area contributed by atoms with Crippen LogP contribution in [0.1, 0.15) is 39.9 Å². The number of nitrogens with zero attached hydrogens (tertiary/aromatic N) is 5. The van der Waals surface area contributed by atoms with Gasteiger partial charge in [0.05, 0.1) is 11.3 Å².